The molecule has 0 spiro atoms. The molecule has 4 N–H and O–H groups in total. The van der Waals surface area contributed by atoms with E-state index < -0.39 is 0 Å². The predicted molar refractivity (Wildman–Crippen MR) is 107 cm³/mol. The number of halogens is 1. The molecule has 0 atom stereocenters. The fraction of sp³-hybridized carbons (Fsp3) is 0.556. The van der Waals surface area contributed by atoms with E-state index in [1.807, 2.05) is 25.1 Å². The molecular formula is C18H28BrN5O2. The van der Waals surface area contributed by atoms with Crippen molar-refractivity contribution in [3.05, 3.63) is 28.2 Å². The van der Waals surface area contributed by atoms with Crippen LogP contribution in [0.15, 0.2) is 27.7 Å². The fourth-order valence-corrected chi connectivity index (χ4v) is 3.41. The summed E-state index contributed by atoms with van der Waals surface area (Å²) in [7, 11) is 1.67. The Bertz CT molecular complexity index is 630. The minimum Gasteiger partial charge on any atom is -0.496 e. The van der Waals surface area contributed by atoms with Gasteiger partial charge in [-0.25, -0.2) is 4.99 Å². The van der Waals surface area contributed by atoms with Gasteiger partial charge in [0.25, 0.3) is 0 Å². The van der Waals surface area contributed by atoms with E-state index in [9.17, 15) is 4.79 Å². The van der Waals surface area contributed by atoms with Gasteiger partial charge in [-0.05, 0) is 38.0 Å². The molecule has 2 rings (SSSR count). The highest BCUT2D eigenvalue weighted by Crippen LogP contribution is 2.23. The minimum absolute atomic E-state index is 0.269. The Labute approximate surface area is 163 Å². The van der Waals surface area contributed by atoms with E-state index in [0.717, 1.165) is 54.2 Å². The first-order chi connectivity index (χ1) is 12.5. The minimum atomic E-state index is -0.269. The summed E-state index contributed by atoms with van der Waals surface area (Å²) in [6.07, 6.45) is 1.91. The number of carbonyl (C=O) groups excluding carboxylic acids is 1. The zero-order valence-corrected chi connectivity index (χ0v) is 17.0. The second-order valence-electron chi connectivity index (χ2n) is 6.31. The quantitative estimate of drug-likeness (QED) is 0.454. The molecule has 0 radical (unpaired) electrons. The van der Waals surface area contributed by atoms with Crippen LogP contribution in [0.5, 0.6) is 5.75 Å². The molecule has 0 unspecified atom stereocenters. The van der Waals surface area contributed by atoms with Gasteiger partial charge >= 0.3 is 0 Å². The summed E-state index contributed by atoms with van der Waals surface area (Å²) in [5, 5.41) is 6.79. The zero-order chi connectivity index (χ0) is 18.9. The maximum absolute atomic E-state index is 11.0. The third-order valence-corrected chi connectivity index (χ3v) is 4.80. The van der Waals surface area contributed by atoms with Crippen molar-refractivity contribution in [1.29, 1.82) is 0 Å². The third-order valence-electron chi connectivity index (χ3n) is 4.30. The highest BCUT2D eigenvalue weighted by Gasteiger charge is 2.20. The molecule has 1 fully saturated rings. The van der Waals surface area contributed by atoms with Crippen LogP contribution in [0.4, 0.5) is 0 Å². The number of nitrogens with one attached hydrogen (secondary N) is 2. The first kappa shape index (κ1) is 20.5. The molecule has 0 aromatic heterocycles. The molecule has 1 aliphatic rings. The second-order valence-corrected chi connectivity index (χ2v) is 7.23. The van der Waals surface area contributed by atoms with Crippen LogP contribution < -0.4 is 21.1 Å². The molecular weight excluding hydrogens is 398 g/mol. The number of guanidine groups is 1. The molecule has 0 aliphatic carbocycles. The number of benzene rings is 1. The van der Waals surface area contributed by atoms with Crippen LogP contribution in [0, 0.1) is 0 Å². The monoisotopic (exact) mass is 425 g/mol. The number of ether oxygens (including phenoxy) is 1. The lowest BCUT2D eigenvalue weighted by Crippen LogP contribution is -2.49. The van der Waals surface area contributed by atoms with E-state index in [4.69, 9.17) is 15.5 Å². The molecule has 0 saturated carbocycles. The van der Waals surface area contributed by atoms with Gasteiger partial charge in [-0.3, -0.25) is 9.69 Å². The lowest BCUT2D eigenvalue weighted by atomic mass is 10.1. The Morgan fingerprint density at radius 1 is 1.42 bits per heavy atom. The zero-order valence-electron chi connectivity index (χ0n) is 15.4. The number of nitrogens with two attached hydrogens (primary N) is 1. The number of rotatable bonds is 7. The van der Waals surface area contributed by atoms with Gasteiger partial charge in [-0.1, -0.05) is 15.9 Å². The predicted octanol–water partition coefficient (Wildman–Crippen LogP) is 1.46. The lowest BCUT2D eigenvalue weighted by Gasteiger charge is -2.32. The van der Waals surface area contributed by atoms with Crippen molar-refractivity contribution < 1.29 is 9.53 Å². The van der Waals surface area contributed by atoms with E-state index in [0.29, 0.717) is 19.1 Å². The van der Waals surface area contributed by atoms with Crippen LogP contribution >= 0.6 is 15.9 Å². The summed E-state index contributed by atoms with van der Waals surface area (Å²) >= 11 is 3.49. The molecule has 0 bridgehead atoms. The van der Waals surface area contributed by atoms with Crippen LogP contribution in [-0.2, 0) is 11.3 Å². The number of likely N-dealkylation sites (tertiary alicyclic amines) is 1. The van der Waals surface area contributed by atoms with Crippen molar-refractivity contribution in [2.75, 3.05) is 33.3 Å². The number of primary amides is 1. The first-order valence-corrected chi connectivity index (χ1v) is 9.69. The second kappa shape index (κ2) is 10.4. The smallest absolute Gasteiger partial charge is 0.231 e. The molecule has 1 aromatic rings. The summed E-state index contributed by atoms with van der Waals surface area (Å²) in [6, 6.07) is 6.24. The number of methoxy groups -OCH3 is 1. The van der Waals surface area contributed by atoms with E-state index in [1.54, 1.807) is 7.11 Å². The maximum atomic E-state index is 11.0. The van der Waals surface area contributed by atoms with Crippen molar-refractivity contribution in [3.63, 3.8) is 0 Å². The number of hydrogen-bond donors (Lipinski definition) is 3. The number of amides is 1. The third kappa shape index (κ3) is 6.49. The molecule has 7 nitrogen and oxygen atoms in total. The van der Waals surface area contributed by atoms with Crippen LogP contribution in [0.25, 0.3) is 0 Å². The van der Waals surface area contributed by atoms with E-state index >= 15 is 0 Å². The summed E-state index contributed by atoms with van der Waals surface area (Å²) in [4.78, 5) is 17.8. The Hall–Kier alpha value is -1.80. The summed E-state index contributed by atoms with van der Waals surface area (Å²) in [5.41, 5.74) is 6.29. The molecule has 8 heteroatoms. The van der Waals surface area contributed by atoms with Gasteiger partial charge in [0.1, 0.15) is 5.75 Å². The van der Waals surface area contributed by atoms with Crippen molar-refractivity contribution in [2.45, 2.75) is 32.4 Å². The number of piperidine rings is 1. The van der Waals surface area contributed by atoms with Crippen molar-refractivity contribution in [1.82, 2.24) is 15.5 Å². The van der Waals surface area contributed by atoms with E-state index in [-0.39, 0.29) is 5.91 Å². The standard InChI is InChI=1S/C18H28BrN5O2/c1-3-21-18(22-11-13-10-14(19)4-5-16(13)26-2)23-15-6-8-24(9-7-15)12-17(20)25/h4-5,10,15H,3,6-9,11-12H2,1-2H3,(H2,20,25)(H2,21,22,23). The van der Waals surface area contributed by atoms with E-state index in [1.165, 1.54) is 0 Å². The van der Waals surface area contributed by atoms with Gasteiger partial charge < -0.3 is 21.1 Å². The molecule has 1 aliphatic heterocycles. The Kier molecular flexibility index (Phi) is 8.18. The van der Waals surface area contributed by atoms with Crippen molar-refractivity contribution in [2.24, 2.45) is 10.7 Å². The Morgan fingerprint density at radius 3 is 2.77 bits per heavy atom. The van der Waals surface area contributed by atoms with Crippen LogP contribution in [0.1, 0.15) is 25.3 Å². The normalized spacial score (nSPS) is 16.3. The van der Waals surface area contributed by atoms with Crippen LogP contribution in [0.2, 0.25) is 0 Å². The van der Waals surface area contributed by atoms with Gasteiger partial charge in [0.2, 0.25) is 5.91 Å². The van der Waals surface area contributed by atoms with E-state index in [2.05, 4.69) is 31.5 Å². The topological polar surface area (TPSA) is 92.0 Å². The largest absolute Gasteiger partial charge is 0.496 e. The van der Waals surface area contributed by atoms with Gasteiger partial charge in [0.15, 0.2) is 5.96 Å². The fourth-order valence-electron chi connectivity index (χ4n) is 3.00. The van der Waals surface area contributed by atoms with Crippen LogP contribution in [-0.4, -0.2) is 56.1 Å². The first-order valence-electron chi connectivity index (χ1n) is 8.89. The van der Waals surface area contributed by atoms with Gasteiger partial charge in [0, 0.05) is 35.7 Å². The summed E-state index contributed by atoms with van der Waals surface area (Å²) in [6.45, 7) is 5.43. The maximum Gasteiger partial charge on any atom is 0.231 e. The molecule has 1 heterocycles. The Balaban J connectivity index is 1.95. The summed E-state index contributed by atoms with van der Waals surface area (Å²) < 4.78 is 6.41. The SMILES string of the molecule is CCNC(=NCc1cc(Br)ccc1OC)NC1CCN(CC(N)=O)CC1. The molecule has 144 valence electrons. The highest BCUT2D eigenvalue weighted by atomic mass is 79.9. The van der Waals surface area contributed by atoms with Gasteiger partial charge in [-0.15, -0.1) is 0 Å². The number of aliphatic imine (C=N–C) groups is 1. The molecule has 1 aromatic carbocycles. The van der Waals surface area contributed by atoms with Gasteiger partial charge in [-0.2, -0.15) is 0 Å². The van der Waals surface area contributed by atoms with Crippen molar-refractivity contribution >= 4 is 27.8 Å². The lowest BCUT2D eigenvalue weighted by molar-refractivity contribution is -0.119. The Morgan fingerprint density at radius 2 is 2.15 bits per heavy atom. The number of carbonyl (C=O) groups is 1. The number of nitrogens with zero attached hydrogens (tertiary/aromatic N) is 2. The molecule has 26 heavy (non-hydrogen) atoms. The van der Waals surface area contributed by atoms with Crippen molar-refractivity contribution in [3.8, 4) is 5.75 Å². The molecule has 1 amide bonds. The van der Waals surface area contributed by atoms with Gasteiger partial charge in [0.05, 0.1) is 20.2 Å². The number of hydrogen-bond acceptors (Lipinski definition) is 4. The van der Waals surface area contributed by atoms with Crippen LogP contribution in [0.3, 0.4) is 0 Å². The summed E-state index contributed by atoms with van der Waals surface area (Å²) in [5.74, 6) is 1.35. The average Bonchev–Trinajstić information content (AvgIpc) is 2.61. The molecule has 1 saturated heterocycles. The average molecular weight is 426 g/mol. The highest BCUT2D eigenvalue weighted by molar-refractivity contribution is 9.10.